The van der Waals surface area contributed by atoms with Gasteiger partial charge in [-0.3, -0.25) is 4.79 Å². The van der Waals surface area contributed by atoms with E-state index in [1.54, 1.807) is 24.1 Å². The minimum absolute atomic E-state index is 0.0107. The van der Waals surface area contributed by atoms with Crippen LogP contribution in [0.1, 0.15) is 32.1 Å². The molecule has 0 aromatic heterocycles. The largest absolute Gasteiger partial charge is 0.378 e. The Labute approximate surface area is 125 Å². The summed E-state index contributed by atoms with van der Waals surface area (Å²) in [6, 6.07) is 6.00. The fourth-order valence-electron chi connectivity index (χ4n) is 2.66. The Morgan fingerprint density at radius 1 is 1.38 bits per heavy atom. The third kappa shape index (κ3) is 3.80. The number of nitrogens with two attached hydrogens (primary N) is 1. The molecule has 1 aliphatic rings. The van der Waals surface area contributed by atoms with Crippen LogP contribution in [0, 0.1) is 5.82 Å². The van der Waals surface area contributed by atoms with Gasteiger partial charge in [0.2, 0.25) is 5.91 Å². The van der Waals surface area contributed by atoms with Gasteiger partial charge >= 0.3 is 0 Å². The highest BCUT2D eigenvalue weighted by molar-refractivity contribution is 5.94. The van der Waals surface area contributed by atoms with Gasteiger partial charge in [0.05, 0.1) is 12.0 Å². The van der Waals surface area contributed by atoms with Crippen LogP contribution < -0.4 is 10.6 Å². The van der Waals surface area contributed by atoms with Crippen molar-refractivity contribution in [3.8, 4) is 0 Å². The molecule has 4 nitrogen and oxygen atoms in total. The summed E-state index contributed by atoms with van der Waals surface area (Å²) in [5.74, 6) is -0.297. The maximum atomic E-state index is 13.0. The van der Waals surface area contributed by atoms with Gasteiger partial charge in [-0.25, -0.2) is 4.39 Å². The van der Waals surface area contributed by atoms with E-state index in [0.717, 1.165) is 19.3 Å². The summed E-state index contributed by atoms with van der Waals surface area (Å²) in [6.07, 6.45) is 4.02. The Hall–Kier alpha value is -1.46. The highest BCUT2D eigenvalue weighted by Crippen LogP contribution is 2.38. The number of carbonyl (C=O) groups is 1. The minimum atomic E-state index is -0.308. The molecule has 1 fully saturated rings. The zero-order valence-corrected chi connectivity index (χ0v) is 12.5. The van der Waals surface area contributed by atoms with E-state index in [-0.39, 0.29) is 17.3 Å². The number of benzene rings is 1. The molecule has 2 N–H and O–H groups in total. The molecule has 1 aliphatic carbocycles. The summed E-state index contributed by atoms with van der Waals surface area (Å²) in [7, 11) is 1.66. The number of rotatable bonds is 7. The lowest BCUT2D eigenvalue weighted by Crippen LogP contribution is -2.45. The summed E-state index contributed by atoms with van der Waals surface area (Å²) in [6.45, 7) is 1.06. The van der Waals surface area contributed by atoms with Crippen LogP contribution in [0.2, 0.25) is 0 Å². The fraction of sp³-hybridized carbons (Fsp3) is 0.562. The first-order chi connectivity index (χ1) is 10.1. The second kappa shape index (κ2) is 7.00. The van der Waals surface area contributed by atoms with Crippen molar-refractivity contribution < 1.29 is 13.9 Å². The lowest BCUT2D eigenvalue weighted by atomic mass is 9.77. The number of nitrogens with zero attached hydrogens (tertiary/aromatic N) is 1. The van der Waals surface area contributed by atoms with Crippen molar-refractivity contribution in [1.82, 2.24) is 0 Å². The van der Waals surface area contributed by atoms with E-state index < -0.39 is 0 Å². The van der Waals surface area contributed by atoms with Gasteiger partial charge in [-0.2, -0.15) is 0 Å². The van der Waals surface area contributed by atoms with E-state index in [2.05, 4.69) is 0 Å². The van der Waals surface area contributed by atoms with E-state index in [1.807, 2.05) is 0 Å². The maximum Gasteiger partial charge on any atom is 0.229 e. The van der Waals surface area contributed by atoms with Gasteiger partial charge in [0, 0.05) is 19.3 Å². The standard InChI is InChI=1S/C16H23FN2O2/c1-21-16(8-2-9-16)12-15(20)19(11-3-10-18)14-6-4-13(17)5-7-14/h4-7H,2-3,8-12,18H2,1H3. The highest BCUT2D eigenvalue weighted by Gasteiger charge is 2.40. The predicted molar refractivity (Wildman–Crippen MR) is 80.6 cm³/mol. The number of halogens is 1. The van der Waals surface area contributed by atoms with Crippen LogP contribution in [0.15, 0.2) is 24.3 Å². The number of ether oxygens (including phenoxy) is 1. The number of carbonyl (C=O) groups excluding carboxylic acids is 1. The molecule has 0 aliphatic heterocycles. The quantitative estimate of drug-likeness (QED) is 0.840. The maximum absolute atomic E-state index is 13.0. The van der Waals surface area contributed by atoms with E-state index >= 15 is 0 Å². The van der Waals surface area contributed by atoms with E-state index in [4.69, 9.17) is 10.5 Å². The van der Waals surface area contributed by atoms with E-state index in [1.165, 1.54) is 12.1 Å². The summed E-state index contributed by atoms with van der Waals surface area (Å²) in [5.41, 5.74) is 5.95. The molecule has 2 rings (SSSR count). The highest BCUT2D eigenvalue weighted by atomic mass is 19.1. The van der Waals surface area contributed by atoms with Crippen molar-refractivity contribution >= 4 is 11.6 Å². The van der Waals surface area contributed by atoms with Crippen LogP contribution in [0.5, 0.6) is 0 Å². The number of hydrogen-bond acceptors (Lipinski definition) is 3. The molecular weight excluding hydrogens is 271 g/mol. The lowest BCUT2D eigenvalue weighted by Gasteiger charge is -2.41. The molecule has 1 saturated carbocycles. The van der Waals surface area contributed by atoms with Crippen LogP contribution in [0.25, 0.3) is 0 Å². The zero-order chi connectivity index (χ0) is 15.3. The Balaban J connectivity index is 2.11. The molecule has 0 bridgehead atoms. The Morgan fingerprint density at radius 2 is 2.05 bits per heavy atom. The van der Waals surface area contributed by atoms with E-state index in [9.17, 15) is 9.18 Å². The SMILES string of the molecule is COC1(CC(=O)N(CCCN)c2ccc(F)cc2)CCC1. The molecule has 0 radical (unpaired) electrons. The van der Waals surface area contributed by atoms with Crippen molar-refractivity contribution in [1.29, 1.82) is 0 Å². The van der Waals surface area contributed by atoms with Gasteiger partial charge in [-0.05, 0) is 56.5 Å². The molecule has 0 saturated heterocycles. The smallest absolute Gasteiger partial charge is 0.229 e. The average Bonchev–Trinajstić information content (AvgIpc) is 2.45. The zero-order valence-electron chi connectivity index (χ0n) is 12.5. The first-order valence-corrected chi connectivity index (χ1v) is 7.41. The van der Waals surface area contributed by atoms with Crippen LogP contribution in [0.3, 0.4) is 0 Å². The summed E-state index contributed by atoms with van der Waals surface area (Å²) < 4.78 is 18.6. The molecule has 1 amide bonds. The van der Waals surface area contributed by atoms with Crippen molar-refractivity contribution in [2.45, 2.75) is 37.7 Å². The van der Waals surface area contributed by atoms with Crippen LogP contribution in [-0.2, 0) is 9.53 Å². The van der Waals surface area contributed by atoms with Crippen LogP contribution in [0.4, 0.5) is 10.1 Å². The van der Waals surface area contributed by atoms with Gasteiger partial charge < -0.3 is 15.4 Å². The molecule has 1 aromatic carbocycles. The molecular formula is C16H23FN2O2. The fourth-order valence-corrected chi connectivity index (χ4v) is 2.66. The van der Waals surface area contributed by atoms with E-state index in [0.29, 0.717) is 31.6 Å². The molecule has 0 unspecified atom stereocenters. The summed E-state index contributed by atoms with van der Waals surface area (Å²) in [4.78, 5) is 14.3. The summed E-state index contributed by atoms with van der Waals surface area (Å²) >= 11 is 0. The Bertz CT molecular complexity index is 466. The third-order valence-corrected chi connectivity index (χ3v) is 4.20. The Kier molecular flexibility index (Phi) is 5.31. The molecule has 21 heavy (non-hydrogen) atoms. The molecule has 0 spiro atoms. The third-order valence-electron chi connectivity index (χ3n) is 4.20. The topological polar surface area (TPSA) is 55.6 Å². The number of amides is 1. The molecule has 1 aromatic rings. The normalized spacial score (nSPS) is 16.3. The van der Waals surface area contributed by atoms with Gasteiger partial charge in [-0.1, -0.05) is 0 Å². The predicted octanol–water partition coefficient (Wildman–Crippen LogP) is 2.47. The second-order valence-electron chi connectivity index (χ2n) is 5.58. The number of hydrogen-bond donors (Lipinski definition) is 1. The molecule has 0 atom stereocenters. The minimum Gasteiger partial charge on any atom is -0.378 e. The van der Waals surface area contributed by atoms with Gasteiger partial charge in [-0.15, -0.1) is 0 Å². The Morgan fingerprint density at radius 3 is 2.52 bits per heavy atom. The van der Waals surface area contributed by atoms with Gasteiger partial charge in [0.1, 0.15) is 5.82 Å². The van der Waals surface area contributed by atoms with Crippen molar-refractivity contribution in [3.05, 3.63) is 30.1 Å². The molecule has 0 heterocycles. The number of anilines is 1. The molecule has 5 heteroatoms. The van der Waals surface area contributed by atoms with Crippen molar-refractivity contribution in [2.75, 3.05) is 25.1 Å². The number of methoxy groups -OCH3 is 1. The lowest BCUT2D eigenvalue weighted by molar-refractivity contribution is -0.131. The second-order valence-corrected chi connectivity index (χ2v) is 5.58. The van der Waals surface area contributed by atoms with Crippen LogP contribution >= 0.6 is 0 Å². The average molecular weight is 294 g/mol. The van der Waals surface area contributed by atoms with Gasteiger partial charge in [0.15, 0.2) is 0 Å². The molecule has 116 valence electrons. The first kappa shape index (κ1) is 15.9. The van der Waals surface area contributed by atoms with Crippen LogP contribution in [-0.4, -0.2) is 31.7 Å². The summed E-state index contributed by atoms with van der Waals surface area (Å²) in [5, 5.41) is 0. The van der Waals surface area contributed by atoms with Gasteiger partial charge in [0.25, 0.3) is 0 Å². The van der Waals surface area contributed by atoms with Crippen molar-refractivity contribution in [3.63, 3.8) is 0 Å². The monoisotopic (exact) mass is 294 g/mol. The van der Waals surface area contributed by atoms with Crippen molar-refractivity contribution in [2.24, 2.45) is 5.73 Å². The first-order valence-electron chi connectivity index (χ1n) is 7.41.